The van der Waals surface area contributed by atoms with Crippen molar-refractivity contribution in [2.75, 3.05) is 18.0 Å². The number of nitrogens with zero attached hydrogens (tertiary/aromatic N) is 3. The molecule has 0 saturated carbocycles. The van der Waals surface area contributed by atoms with Crippen LogP contribution in [0.25, 0.3) is 0 Å². The molecule has 1 saturated heterocycles. The molecule has 1 unspecified atom stereocenters. The van der Waals surface area contributed by atoms with Crippen LogP contribution in [0.4, 0.5) is 16.2 Å². The third-order valence-electron chi connectivity index (χ3n) is 3.78. The summed E-state index contributed by atoms with van der Waals surface area (Å²) >= 11 is 0. The summed E-state index contributed by atoms with van der Waals surface area (Å²) in [6, 6.07) is 6.13. The van der Waals surface area contributed by atoms with E-state index in [0.717, 1.165) is 12.8 Å². The van der Waals surface area contributed by atoms with Crippen LogP contribution in [0.2, 0.25) is 0 Å². The fourth-order valence-corrected chi connectivity index (χ4v) is 2.79. The SMILES string of the molecule is CC(C)(C)OC(=O)NC1CCCN(c2cc(C#N)ccc2[N+](=O)[O-])C1. The lowest BCUT2D eigenvalue weighted by Crippen LogP contribution is -2.49. The van der Waals surface area contributed by atoms with Gasteiger partial charge in [0.05, 0.1) is 16.6 Å². The standard InChI is InChI=1S/C17H22N4O4/c1-17(2,3)25-16(22)19-13-5-4-8-20(11-13)15-9-12(10-18)6-7-14(15)21(23)24/h6-7,9,13H,4-5,8,11H2,1-3H3,(H,19,22). The number of alkyl carbamates (subject to hydrolysis) is 1. The van der Waals surface area contributed by atoms with Crippen LogP contribution in [0.5, 0.6) is 0 Å². The van der Waals surface area contributed by atoms with Crippen LogP contribution in [-0.4, -0.2) is 35.7 Å². The van der Waals surface area contributed by atoms with Gasteiger partial charge in [0.1, 0.15) is 11.3 Å². The molecule has 0 bridgehead atoms. The number of carbonyl (C=O) groups is 1. The zero-order valence-electron chi connectivity index (χ0n) is 14.6. The number of hydrogen-bond acceptors (Lipinski definition) is 6. The van der Waals surface area contributed by atoms with Crippen LogP contribution in [0, 0.1) is 21.4 Å². The summed E-state index contributed by atoms with van der Waals surface area (Å²) in [6.45, 7) is 6.42. The number of nitriles is 1. The van der Waals surface area contributed by atoms with Crippen molar-refractivity contribution in [1.82, 2.24) is 5.32 Å². The van der Waals surface area contributed by atoms with Gasteiger partial charge in [-0.15, -0.1) is 0 Å². The van der Waals surface area contributed by atoms with Gasteiger partial charge < -0.3 is 15.0 Å². The maximum absolute atomic E-state index is 11.9. The first kappa shape index (κ1) is 18.5. The molecule has 0 aromatic heterocycles. The van der Waals surface area contributed by atoms with Gasteiger partial charge in [-0.2, -0.15) is 5.26 Å². The summed E-state index contributed by atoms with van der Waals surface area (Å²) in [5.41, 5.74) is 0.137. The Balaban J connectivity index is 2.15. The number of nitro groups is 1. The minimum absolute atomic E-state index is 0.0445. The summed E-state index contributed by atoms with van der Waals surface area (Å²) < 4.78 is 5.26. The van der Waals surface area contributed by atoms with Gasteiger partial charge in [0.25, 0.3) is 5.69 Å². The molecule has 2 rings (SSSR count). The van der Waals surface area contributed by atoms with Gasteiger partial charge in [-0.1, -0.05) is 0 Å². The van der Waals surface area contributed by atoms with Crippen LogP contribution in [0.1, 0.15) is 39.2 Å². The lowest BCUT2D eigenvalue weighted by atomic mass is 10.0. The highest BCUT2D eigenvalue weighted by Crippen LogP contribution is 2.31. The Hall–Kier alpha value is -2.82. The van der Waals surface area contributed by atoms with Crippen molar-refractivity contribution in [2.45, 2.75) is 45.3 Å². The molecular formula is C17H22N4O4. The molecule has 25 heavy (non-hydrogen) atoms. The van der Waals surface area contributed by atoms with Crippen molar-refractivity contribution in [3.8, 4) is 6.07 Å². The number of ether oxygens (including phenoxy) is 1. The van der Waals surface area contributed by atoms with Crippen LogP contribution in [-0.2, 0) is 4.74 Å². The molecule has 8 nitrogen and oxygen atoms in total. The highest BCUT2D eigenvalue weighted by Gasteiger charge is 2.28. The van der Waals surface area contributed by atoms with Crippen LogP contribution in [0.3, 0.4) is 0 Å². The first-order valence-corrected chi connectivity index (χ1v) is 8.12. The van der Waals surface area contributed by atoms with Crippen LogP contribution in [0.15, 0.2) is 18.2 Å². The molecule has 1 amide bonds. The van der Waals surface area contributed by atoms with Gasteiger partial charge in [0.2, 0.25) is 0 Å². The summed E-state index contributed by atoms with van der Waals surface area (Å²) in [7, 11) is 0. The maximum atomic E-state index is 11.9. The second kappa shape index (κ2) is 7.38. The van der Waals surface area contributed by atoms with E-state index in [0.29, 0.717) is 24.3 Å². The molecule has 1 N–H and O–H groups in total. The fraction of sp³-hybridized carbons (Fsp3) is 0.529. The van der Waals surface area contributed by atoms with E-state index in [1.54, 1.807) is 20.8 Å². The largest absolute Gasteiger partial charge is 0.444 e. The Bertz CT molecular complexity index is 706. The molecular weight excluding hydrogens is 324 g/mol. The molecule has 0 aliphatic carbocycles. The molecule has 134 valence electrons. The molecule has 0 radical (unpaired) electrons. The summed E-state index contributed by atoms with van der Waals surface area (Å²) in [4.78, 5) is 24.6. The normalized spacial score (nSPS) is 17.5. The number of nitrogens with one attached hydrogen (secondary N) is 1. The third-order valence-corrected chi connectivity index (χ3v) is 3.78. The topological polar surface area (TPSA) is 108 Å². The van der Waals surface area contributed by atoms with Crippen molar-refractivity contribution in [3.05, 3.63) is 33.9 Å². The van der Waals surface area contributed by atoms with Gasteiger partial charge in [-0.25, -0.2) is 4.79 Å². The Morgan fingerprint density at radius 1 is 1.48 bits per heavy atom. The predicted octanol–water partition coefficient (Wildman–Crippen LogP) is 2.96. The van der Waals surface area contributed by atoms with E-state index in [2.05, 4.69) is 5.32 Å². The Morgan fingerprint density at radius 2 is 2.20 bits per heavy atom. The number of amides is 1. The van der Waals surface area contributed by atoms with E-state index >= 15 is 0 Å². The average Bonchev–Trinajstić information content (AvgIpc) is 2.52. The van der Waals surface area contributed by atoms with E-state index in [4.69, 9.17) is 10.00 Å². The van der Waals surface area contributed by atoms with Gasteiger partial charge in [-0.05, 0) is 45.7 Å². The molecule has 1 heterocycles. The summed E-state index contributed by atoms with van der Waals surface area (Å²) in [5, 5.41) is 23.2. The summed E-state index contributed by atoms with van der Waals surface area (Å²) in [6.07, 6.45) is 1.04. The smallest absolute Gasteiger partial charge is 0.407 e. The van der Waals surface area contributed by atoms with Gasteiger partial charge in [0, 0.05) is 25.2 Å². The van der Waals surface area contributed by atoms with E-state index in [9.17, 15) is 14.9 Å². The lowest BCUT2D eigenvalue weighted by molar-refractivity contribution is -0.384. The van der Waals surface area contributed by atoms with Crippen molar-refractivity contribution in [2.24, 2.45) is 0 Å². The Labute approximate surface area is 146 Å². The second-order valence-corrected chi connectivity index (χ2v) is 7.00. The number of anilines is 1. The number of benzene rings is 1. The van der Waals surface area contributed by atoms with E-state index < -0.39 is 16.6 Å². The number of piperidine rings is 1. The van der Waals surface area contributed by atoms with Crippen molar-refractivity contribution >= 4 is 17.5 Å². The minimum Gasteiger partial charge on any atom is -0.444 e. The third kappa shape index (κ3) is 5.08. The van der Waals surface area contributed by atoms with Gasteiger partial charge in [0.15, 0.2) is 0 Å². The Kier molecular flexibility index (Phi) is 5.47. The monoisotopic (exact) mass is 346 g/mol. The first-order valence-electron chi connectivity index (χ1n) is 8.12. The zero-order valence-corrected chi connectivity index (χ0v) is 14.6. The van der Waals surface area contributed by atoms with E-state index in [1.807, 2.05) is 11.0 Å². The molecule has 8 heteroatoms. The maximum Gasteiger partial charge on any atom is 0.407 e. The lowest BCUT2D eigenvalue weighted by Gasteiger charge is -2.34. The van der Waals surface area contributed by atoms with Crippen LogP contribution < -0.4 is 10.2 Å². The number of rotatable bonds is 3. The number of nitro benzene ring substituents is 1. The molecule has 0 spiro atoms. The first-order chi connectivity index (χ1) is 11.7. The molecule has 1 aromatic rings. The molecule has 1 aliphatic heterocycles. The predicted molar refractivity (Wildman–Crippen MR) is 92.4 cm³/mol. The number of carbonyl (C=O) groups excluding carboxylic acids is 1. The summed E-state index contributed by atoms with van der Waals surface area (Å²) in [5.74, 6) is 0. The highest BCUT2D eigenvalue weighted by molar-refractivity contribution is 5.69. The fourth-order valence-electron chi connectivity index (χ4n) is 2.79. The molecule has 1 aromatic carbocycles. The quantitative estimate of drug-likeness (QED) is 0.666. The van der Waals surface area contributed by atoms with Gasteiger partial charge in [-0.3, -0.25) is 10.1 Å². The van der Waals surface area contributed by atoms with Gasteiger partial charge >= 0.3 is 6.09 Å². The molecule has 1 atom stereocenters. The van der Waals surface area contributed by atoms with Crippen molar-refractivity contribution < 1.29 is 14.5 Å². The van der Waals surface area contributed by atoms with Crippen LogP contribution >= 0.6 is 0 Å². The van der Waals surface area contributed by atoms with E-state index in [1.165, 1.54) is 18.2 Å². The molecule has 1 fully saturated rings. The second-order valence-electron chi connectivity index (χ2n) is 7.00. The average molecular weight is 346 g/mol. The molecule has 1 aliphatic rings. The number of hydrogen-bond donors (Lipinski definition) is 1. The van der Waals surface area contributed by atoms with E-state index in [-0.39, 0.29) is 11.7 Å². The van der Waals surface area contributed by atoms with Crippen molar-refractivity contribution in [1.29, 1.82) is 5.26 Å². The highest BCUT2D eigenvalue weighted by atomic mass is 16.6. The van der Waals surface area contributed by atoms with Crippen molar-refractivity contribution in [3.63, 3.8) is 0 Å². The Morgan fingerprint density at radius 3 is 2.80 bits per heavy atom. The minimum atomic E-state index is -0.585. The zero-order chi connectivity index (χ0) is 18.6.